The number of ether oxygens (including phenoxy) is 1. The van der Waals surface area contributed by atoms with Crippen molar-refractivity contribution >= 4 is 15.9 Å². The van der Waals surface area contributed by atoms with E-state index in [2.05, 4.69) is 28.9 Å². The maximum absolute atomic E-state index is 6.51. The fraction of sp³-hybridized carbons (Fsp3) is 0.625. The molecule has 0 aliphatic heterocycles. The van der Waals surface area contributed by atoms with Gasteiger partial charge in [-0.2, -0.15) is 0 Å². The second-order valence-corrected chi connectivity index (χ2v) is 6.58. The molecule has 1 aromatic carbocycles. The Morgan fingerprint density at radius 3 is 2.63 bits per heavy atom. The Morgan fingerprint density at radius 2 is 2.00 bits per heavy atom. The molecule has 1 aliphatic carbocycles. The van der Waals surface area contributed by atoms with Crippen LogP contribution in [0, 0.1) is 11.8 Å². The van der Waals surface area contributed by atoms with Gasteiger partial charge in [-0.15, -0.1) is 0 Å². The Balaban J connectivity index is 2.17. The molecule has 1 fully saturated rings. The third kappa shape index (κ3) is 3.73. The molecule has 0 aromatic heterocycles. The van der Waals surface area contributed by atoms with Crippen LogP contribution in [0.4, 0.5) is 0 Å². The minimum absolute atomic E-state index is 0.0894. The van der Waals surface area contributed by atoms with Gasteiger partial charge in [-0.05, 0) is 49.8 Å². The summed E-state index contributed by atoms with van der Waals surface area (Å²) in [5.41, 5.74) is 7.66. The molecule has 0 heterocycles. The van der Waals surface area contributed by atoms with E-state index in [0.717, 1.165) is 21.7 Å². The van der Waals surface area contributed by atoms with E-state index >= 15 is 0 Å². The molecule has 1 aromatic rings. The fourth-order valence-electron chi connectivity index (χ4n) is 2.97. The van der Waals surface area contributed by atoms with Gasteiger partial charge in [0.1, 0.15) is 5.75 Å². The summed E-state index contributed by atoms with van der Waals surface area (Å²) in [5.74, 6) is 2.39. The van der Waals surface area contributed by atoms with Crippen LogP contribution >= 0.6 is 15.9 Å². The Morgan fingerprint density at radius 1 is 1.32 bits per heavy atom. The van der Waals surface area contributed by atoms with Gasteiger partial charge in [-0.3, -0.25) is 0 Å². The van der Waals surface area contributed by atoms with Gasteiger partial charge in [0.15, 0.2) is 0 Å². The summed E-state index contributed by atoms with van der Waals surface area (Å²) in [7, 11) is 0. The van der Waals surface area contributed by atoms with Crippen molar-refractivity contribution in [3.8, 4) is 5.75 Å². The molecule has 0 radical (unpaired) electrons. The smallest absolute Gasteiger partial charge is 0.124 e. The van der Waals surface area contributed by atoms with Gasteiger partial charge in [-0.1, -0.05) is 35.7 Å². The first-order valence-electron chi connectivity index (χ1n) is 7.29. The molecule has 3 heteroatoms. The van der Waals surface area contributed by atoms with Crippen molar-refractivity contribution in [2.24, 2.45) is 17.6 Å². The van der Waals surface area contributed by atoms with Gasteiger partial charge in [0.05, 0.1) is 6.61 Å². The Labute approximate surface area is 124 Å². The number of hydrogen-bond donors (Lipinski definition) is 1. The molecule has 0 amide bonds. The van der Waals surface area contributed by atoms with E-state index in [-0.39, 0.29) is 6.04 Å². The van der Waals surface area contributed by atoms with Gasteiger partial charge in [0.2, 0.25) is 0 Å². The lowest BCUT2D eigenvalue weighted by Gasteiger charge is -2.31. The van der Waals surface area contributed by atoms with Gasteiger partial charge < -0.3 is 10.5 Å². The standard InChI is InChI=1S/C16H24BrNO/c1-3-19-15-9-8-13(17)10-14(15)16(18)12-6-4-11(2)5-7-12/h8-12,16H,3-7,18H2,1-2H3. The zero-order valence-corrected chi connectivity index (χ0v) is 13.4. The molecule has 1 saturated carbocycles. The van der Waals surface area contributed by atoms with Crippen LogP contribution in [-0.2, 0) is 0 Å². The first kappa shape index (κ1) is 14.9. The molecule has 19 heavy (non-hydrogen) atoms. The Bertz CT molecular complexity index is 413. The van der Waals surface area contributed by atoms with Gasteiger partial charge >= 0.3 is 0 Å². The molecule has 1 unspecified atom stereocenters. The van der Waals surface area contributed by atoms with Crippen LogP contribution in [0.3, 0.4) is 0 Å². The first-order valence-corrected chi connectivity index (χ1v) is 8.09. The van der Waals surface area contributed by atoms with E-state index in [4.69, 9.17) is 10.5 Å². The summed E-state index contributed by atoms with van der Waals surface area (Å²) in [4.78, 5) is 0. The van der Waals surface area contributed by atoms with Crippen LogP contribution in [0.1, 0.15) is 51.1 Å². The van der Waals surface area contributed by atoms with Crippen molar-refractivity contribution in [2.75, 3.05) is 6.61 Å². The lowest BCUT2D eigenvalue weighted by Crippen LogP contribution is -2.26. The predicted octanol–water partition coefficient (Wildman–Crippen LogP) is 4.67. The third-order valence-corrected chi connectivity index (χ3v) is 4.69. The van der Waals surface area contributed by atoms with E-state index < -0.39 is 0 Å². The van der Waals surface area contributed by atoms with Crippen molar-refractivity contribution in [3.63, 3.8) is 0 Å². The first-order chi connectivity index (χ1) is 9.11. The highest BCUT2D eigenvalue weighted by Crippen LogP contribution is 2.39. The lowest BCUT2D eigenvalue weighted by atomic mass is 9.77. The van der Waals surface area contributed by atoms with Crippen molar-refractivity contribution in [1.82, 2.24) is 0 Å². The van der Waals surface area contributed by atoms with Gasteiger partial charge in [0, 0.05) is 16.1 Å². The molecule has 106 valence electrons. The van der Waals surface area contributed by atoms with E-state index in [1.54, 1.807) is 0 Å². The number of nitrogens with two attached hydrogens (primary N) is 1. The minimum Gasteiger partial charge on any atom is -0.494 e. The van der Waals surface area contributed by atoms with Gasteiger partial charge in [-0.25, -0.2) is 0 Å². The van der Waals surface area contributed by atoms with Crippen LogP contribution in [0.5, 0.6) is 5.75 Å². The largest absolute Gasteiger partial charge is 0.494 e. The molecule has 2 rings (SSSR count). The molecule has 1 atom stereocenters. The minimum atomic E-state index is 0.0894. The molecule has 1 aliphatic rings. The van der Waals surface area contributed by atoms with Gasteiger partial charge in [0.25, 0.3) is 0 Å². The molecular weight excluding hydrogens is 302 g/mol. The maximum atomic E-state index is 6.51. The number of rotatable bonds is 4. The van der Waals surface area contributed by atoms with Crippen LogP contribution in [0.15, 0.2) is 22.7 Å². The van der Waals surface area contributed by atoms with Crippen LogP contribution in [0.2, 0.25) is 0 Å². The van der Waals surface area contributed by atoms with Crippen LogP contribution < -0.4 is 10.5 Å². The summed E-state index contributed by atoms with van der Waals surface area (Å²) in [5, 5.41) is 0. The average molecular weight is 326 g/mol. The highest BCUT2D eigenvalue weighted by molar-refractivity contribution is 9.10. The maximum Gasteiger partial charge on any atom is 0.124 e. The van der Waals surface area contributed by atoms with Crippen molar-refractivity contribution in [3.05, 3.63) is 28.2 Å². The average Bonchev–Trinajstić information content (AvgIpc) is 2.41. The highest BCUT2D eigenvalue weighted by atomic mass is 79.9. The summed E-state index contributed by atoms with van der Waals surface area (Å²) in [6.07, 6.45) is 5.08. The monoisotopic (exact) mass is 325 g/mol. The quantitative estimate of drug-likeness (QED) is 0.872. The second-order valence-electron chi connectivity index (χ2n) is 5.66. The SMILES string of the molecule is CCOc1ccc(Br)cc1C(N)C1CCC(C)CC1. The molecule has 0 spiro atoms. The normalized spacial score (nSPS) is 25.1. The molecule has 0 bridgehead atoms. The predicted molar refractivity (Wildman–Crippen MR) is 83.4 cm³/mol. The number of halogens is 1. The Hall–Kier alpha value is -0.540. The third-order valence-electron chi connectivity index (χ3n) is 4.20. The van der Waals surface area contributed by atoms with E-state index in [9.17, 15) is 0 Å². The molecule has 0 saturated heterocycles. The summed E-state index contributed by atoms with van der Waals surface area (Å²) >= 11 is 3.54. The van der Waals surface area contributed by atoms with E-state index in [1.165, 1.54) is 25.7 Å². The fourth-order valence-corrected chi connectivity index (χ4v) is 3.34. The Kier molecular flexibility index (Phi) is 5.28. The topological polar surface area (TPSA) is 35.2 Å². The van der Waals surface area contributed by atoms with E-state index in [0.29, 0.717) is 12.5 Å². The molecular formula is C16H24BrNO. The van der Waals surface area contributed by atoms with Crippen molar-refractivity contribution in [2.45, 2.75) is 45.6 Å². The zero-order chi connectivity index (χ0) is 13.8. The summed E-state index contributed by atoms with van der Waals surface area (Å²) in [6, 6.07) is 6.25. The molecule has 2 nitrogen and oxygen atoms in total. The van der Waals surface area contributed by atoms with Crippen molar-refractivity contribution < 1.29 is 4.74 Å². The van der Waals surface area contributed by atoms with E-state index in [1.807, 2.05) is 19.1 Å². The van der Waals surface area contributed by atoms with Crippen LogP contribution in [0.25, 0.3) is 0 Å². The number of benzene rings is 1. The summed E-state index contributed by atoms with van der Waals surface area (Å²) < 4.78 is 6.80. The lowest BCUT2D eigenvalue weighted by molar-refractivity contribution is 0.250. The van der Waals surface area contributed by atoms with Crippen molar-refractivity contribution in [1.29, 1.82) is 0 Å². The second kappa shape index (κ2) is 6.76. The zero-order valence-electron chi connectivity index (χ0n) is 11.9. The number of hydrogen-bond acceptors (Lipinski definition) is 2. The summed E-state index contributed by atoms with van der Waals surface area (Å²) in [6.45, 7) is 5.04. The van der Waals surface area contributed by atoms with Crippen LogP contribution in [-0.4, -0.2) is 6.61 Å². The molecule has 2 N–H and O–H groups in total. The highest BCUT2D eigenvalue weighted by Gasteiger charge is 2.26.